The Morgan fingerprint density at radius 2 is 1.95 bits per heavy atom. The number of hydrogen-bond donors (Lipinski definition) is 1. The Kier molecular flexibility index (Phi) is 4.57. The topological polar surface area (TPSA) is 43.8 Å². The van der Waals surface area contributed by atoms with Gasteiger partial charge in [0.05, 0.1) is 0 Å². The van der Waals surface area contributed by atoms with E-state index in [1.165, 1.54) is 27.2 Å². The minimum atomic E-state index is -0.808. The molecule has 4 heteroatoms. The van der Waals surface area contributed by atoms with Crippen LogP contribution in [0, 0.1) is 20.8 Å². The van der Waals surface area contributed by atoms with Crippen molar-refractivity contribution >= 4 is 6.09 Å². The van der Waals surface area contributed by atoms with Gasteiger partial charge in [-0.25, -0.2) is 4.79 Å². The van der Waals surface area contributed by atoms with Gasteiger partial charge >= 0.3 is 6.09 Å². The highest BCUT2D eigenvalue weighted by Gasteiger charge is 2.30. The normalized spacial score (nSPS) is 21.4. The molecule has 2 rings (SSSR count). The van der Waals surface area contributed by atoms with Gasteiger partial charge in [0.2, 0.25) is 0 Å². The summed E-state index contributed by atoms with van der Waals surface area (Å²) in [5.74, 6) is 0. The Morgan fingerprint density at radius 3 is 2.52 bits per heavy atom. The molecule has 0 aromatic heterocycles. The first-order valence-electron chi connectivity index (χ1n) is 7.62. The summed E-state index contributed by atoms with van der Waals surface area (Å²) in [6, 6.07) is 4.85. The van der Waals surface area contributed by atoms with Crippen LogP contribution in [0.3, 0.4) is 0 Å². The number of benzene rings is 1. The van der Waals surface area contributed by atoms with Crippen LogP contribution in [0.5, 0.6) is 0 Å². The molecule has 1 N–H and O–H groups in total. The Balaban J connectivity index is 2.18. The van der Waals surface area contributed by atoms with E-state index in [1.54, 1.807) is 0 Å². The van der Waals surface area contributed by atoms with Crippen molar-refractivity contribution in [1.82, 2.24) is 9.80 Å². The van der Waals surface area contributed by atoms with Crippen molar-refractivity contribution in [2.24, 2.45) is 0 Å². The van der Waals surface area contributed by atoms with E-state index in [4.69, 9.17) is 0 Å². The molecule has 116 valence electrons. The number of hydrogen-bond acceptors (Lipinski definition) is 2. The third-order valence-corrected chi connectivity index (χ3v) is 4.75. The van der Waals surface area contributed by atoms with E-state index in [0.29, 0.717) is 12.6 Å². The second-order valence-corrected chi connectivity index (χ2v) is 6.29. The fourth-order valence-corrected chi connectivity index (χ4v) is 3.32. The van der Waals surface area contributed by atoms with Crippen LogP contribution in [-0.2, 0) is 0 Å². The van der Waals surface area contributed by atoms with Crippen molar-refractivity contribution in [3.8, 4) is 0 Å². The van der Waals surface area contributed by atoms with Crippen molar-refractivity contribution in [3.63, 3.8) is 0 Å². The molecule has 0 saturated carbocycles. The monoisotopic (exact) mass is 290 g/mol. The van der Waals surface area contributed by atoms with E-state index in [9.17, 15) is 9.90 Å². The molecule has 1 heterocycles. The number of carboxylic acid groups (broad SMARTS) is 1. The zero-order chi connectivity index (χ0) is 15.7. The molecule has 1 aromatic rings. The van der Waals surface area contributed by atoms with Gasteiger partial charge in [0.1, 0.15) is 0 Å². The molecule has 0 unspecified atom stereocenters. The molecule has 0 bridgehead atoms. The molecule has 2 atom stereocenters. The third-order valence-electron chi connectivity index (χ3n) is 4.75. The number of piperazine rings is 1. The molecule has 1 amide bonds. The van der Waals surface area contributed by atoms with Gasteiger partial charge in [-0.15, -0.1) is 0 Å². The number of nitrogens with zero attached hydrogens (tertiary/aromatic N) is 2. The number of amides is 1. The van der Waals surface area contributed by atoms with Crippen molar-refractivity contribution < 1.29 is 9.90 Å². The minimum Gasteiger partial charge on any atom is -0.465 e. The molecule has 0 spiro atoms. The molecule has 4 nitrogen and oxygen atoms in total. The molecule has 1 aliphatic heterocycles. The van der Waals surface area contributed by atoms with E-state index >= 15 is 0 Å². The van der Waals surface area contributed by atoms with Crippen molar-refractivity contribution in [1.29, 1.82) is 0 Å². The quantitative estimate of drug-likeness (QED) is 0.908. The Morgan fingerprint density at radius 1 is 1.29 bits per heavy atom. The average molecular weight is 290 g/mol. The predicted octanol–water partition coefficient (Wildman–Crippen LogP) is 3.36. The summed E-state index contributed by atoms with van der Waals surface area (Å²) in [7, 11) is 0. The summed E-state index contributed by atoms with van der Waals surface area (Å²) in [6.07, 6.45) is -0.808. The molecular weight excluding hydrogens is 264 g/mol. The summed E-state index contributed by atoms with van der Waals surface area (Å²) in [6.45, 7) is 12.9. The molecule has 21 heavy (non-hydrogen) atoms. The highest BCUT2D eigenvalue weighted by Crippen LogP contribution is 2.28. The smallest absolute Gasteiger partial charge is 0.407 e. The SMILES string of the molecule is Cc1cc(C)c(C)c([C@H](C)N2CCN(C(=O)O)[C@H](C)C2)c1. The second-order valence-electron chi connectivity index (χ2n) is 6.29. The van der Waals surface area contributed by atoms with E-state index in [0.717, 1.165) is 13.1 Å². The Bertz CT molecular complexity index is 542. The van der Waals surface area contributed by atoms with Crippen LogP contribution in [0.25, 0.3) is 0 Å². The number of aryl methyl sites for hydroxylation is 2. The first kappa shape index (κ1) is 15.8. The standard InChI is InChI=1S/C17H26N2O2/c1-11-8-12(2)14(4)16(9-11)15(5)18-6-7-19(17(20)21)13(3)10-18/h8-9,13,15H,6-7,10H2,1-5H3,(H,20,21)/t13-,15+/m1/s1. The zero-order valence-electron chi connectivity index (χ0n) is 13.7. The fraction of sp³-hybridized carbons (Fsp3) is 0.588. The average Bonchev–Trinajstić information content (AvgIpc) is 2.41. The lowest BCUT2D eigenvalue weighted by Crippen LogP contribution is -2.54. The van der Waals surface area contributed by atoms with Crippen LogP contribution in [0.4, 0.5) is 4.79 Å². The summed E-state index contributed by atoms with van der Waals surface area (Å²) >= 11 is 0. The van der Waals surface area contributed by atoms with E-state index < -0.39 is 6.09 Å². The van der Waals surface area contributed by atoms with Crippen molar-refractivity contribution in [2.45, 2.75) is 46.7 Å². The van der Waals surface area contributed by atoms with Crippen LogP contribution in [0.15, 0.2) is 12.1 Å². The molecule has 0 aliphatic carbocycles. The van der Waals surface area contributed by atoms with Gasteiger partial charge in [0.25, 0.3) is 0 Å². The minimum absolute atomic E-state index is 0.0462. The van der Waals surface area contributed by atoms with Gasteiger partial charge in [-0.3, -0.25) is 4.90 Å². The largest absolute Gasteiger partial charge is 0.465 e. The first-order valence-corrected chi connectivity index (χ1v) is 7.62. The van der Waals surface area contributed by atoms with Crippen molar-refractivity contribution in [2.75, 3.05) is 19.6 Å². The maximum Gasteiger partial charge on any atom is 0.407 e. The van der Waals surface area contributed by atoms with Crippen molar-refractivity contribution in [3.05, 3.63) is 34.4 Å². The van der Waals surface area contributed by atoms with E-state index in [-0.39, 0.29) is 6.04 Å². The van der Waals surface area contributed by atoms with Gasteiger partial charge in [-0.2, -0.15) is 0 Å². The zero-order valence-corrected chi connectivity index (χ0v) is 13.7. The van der Waals surface area contributed by atoms with Crippen LogP contribution >= 0.6 is 0 Å². The molecule has 1 aliphatic rings. The lowest BCUT2D eigenvalue weighted by atomic mass is 9.94. The van der Waals surface area contributed by atoms with Gasteiger partial charge in [-0.05, 0) is 51.3 Å². The number of carbonyl (C=O) groups is 1. The van der Waals surface area contributed by atoms with E-state index in [2.05, 4.69) is 44.7 Å². The summed E-state index contributed by atoms with van der Waals surface area (Å²) in [4.78, 5) is 15.1. The lowest BCUT2D eigenvalue weighted by Gasteiger charge is -2.41. The summed E-state index contributed by atoms with van der Waals surface area (Å²) < 4.78 is 0. The molecule has 1 fully saturated rings. The lowest BCUT2D eigenvalue weighted by molar-refractivity contribution is 0.0572. The molecular formula is C17H26N2O2. The second kappa shape index (κ2) is 6.06. The Hall–Kier alpha value is -1.55. The highest BCUT2D eigenvalue weighted by molar-refractivity contribution is 5.65. The van der Waals surface area contributed by atoms with Crippen LogP contribution in [0.1, 0.15) is 42.1 Å². The molecule has 0 radical (unpaired) electrons. The van der Waals surface area contributed by atoms with Crippen LogP contribution < -0.4 is 0 Å². The molecule has 1 saturated heterocycles. The predicted molar refractivity (Wildman–Crippen MR) is 84.8 cm³/mol. The molecule has 1 aromatic carbocycles. The fourth-order valence-electron chi connectivity index (χ4n) is 3.32. The maximum absolute atomic E-state index is 11.2. The van der Waals surface area contributed by atoms with Gasteiger partial charge in [0.15, 0.2) is 0 Å². The van der Waals surface area contributed by atoms with Crippen LogP contribution in [0.2, 0.25) is 0 Å². The Labute approximate surface area is 127 Å². The van der Waals surface area contributed by atoms with E-state index in [1.807, 2.05) is 6.92 Å². The van der Waals surface area contributed by atoms with Gasteiger partial charge in [-0.1, -0.05) is 17.7 Å². The third kappa shape index (κ3) is 3.21. The van der Waals surface area contributed by atoms with Crippen LogP contribution in [-0.4, -0.2) is 46.7 Å². The summed E-state index contributed by atoms with van der Waals surface area (Å²) in [5, 5.41) is 9.17. The first-order chi connectivity index (χ1) is 9.81. The highest BCUT2D eigenvalue weighted by atomic mass is 16.4. The maximum atomic E-state index is 11.2. The number of rotatable bonds is 2. The van der Waals surface area contributed by atoms with Gasteiger partial charge in [0, 0.05) is 31.7 Å². The summed E-state index contributed by atoms with van der Waals surface area (Å²) in [5.41, 5.74) is 5.33. The van der Waals surface area contributed by atoms with Gasteiger partial charge < -0.3 is 10.0 Å².